The summed E-state index contributed by atoms with van der Waals surface area (Å²) in [4.78, 5) is 0. The highest BCUT2D eigenvalue weighted by molar-refractivity contribution is 5.43. The molecule has 0 heterocycles. The molecular weight excluding hydrogens is 273 g/mol. The van der Waals surface area contributed by atoms with Crippen LogP contribution in [0.5, 0.6) is 11.5 Å². The van der Waals surface area contributed by atoms with Gasteiger partial charge in [-0.3, -0.25) is 0 Å². The fraction of sp³-hybridized carbons (Fsp3) is 0.250. The van der Waals surface area contributed by atoms with Crippen LogP contribution in [-0.2, 0) is 19.8 Å². The molecule has 0 aliphatic heterocycles. The molecule has 2 aromatic rings. The number of ether oxygens (including phenoxy) is 2. The zero-order chi connectivity index (χ0) is 15.2. The van der Waals surface area contributed by atoms with Crippen LogP contribution in [-0.4, -0.2) is 12.2 Å². The quantitative estimate of drug-likeness (QED) is 0.857. The number of nitrogens with two attached hydrogens (primary N) is 1. The van der Waals surface area contributed by atoms with Crippen molar-refractivity contribution >= 4 is 0 Å². The van der Waals surface area contributed by atoms with Gasteiger partial charge < -0.3 is 20.3 Å². The van der Waals surface area contributed by atoms with Crippen molar-refractivity contribution in [3.63, 3.8) is 0 Å². The van der Waals surface area contributed by atoms with Gasteiger partial charge in [0.2, 0.25) is 0 Å². The van der Waals surface area contributed by atoms with Crippen molar-refractivity contribution in [2.24, 2.45) is 5.73 Å². The Hall–Kier alpha value is -2.11. The average molecular weight is 291 g/mol. The van der Waals surface area contributed by atoms with Crippen LogP contribution in [0, 0.1) is 5.82 Å². The minimum atomic E-state index is -0.344. The van der Waals surface area contributed by atoms with Crippen LogP contribution in [0.15, 0.2) is 36.4 Å². The van der Waals surface area contributed by atoms with Gasteiger partial charge in [0.05, 0.1) is 13.7 Å². The molecule has 0 aromatic heterocycles. The van der Waals surface area contributed by atoms with Gasteiger partial charge in [0.25, 0.3) is 0 Å². The highest BCUT2D eigenvalue weighted by atomic mass is 19.1. The zero-order valence-electron chi connectivity index (χ0n) is 11.8. The number of hydrogen-bond donors (Lipinski definition) is 2. The third kappa shape index (κ3) is 3.71. The normalized spacial score (nSPS) is 10.5. The van der Waals surface area contributed by atoms with Crippen LogP contribution in [0.1, 0.15) is 16.7 Å². The first-order chi connectivity index (χ1) is 10.2. The molecule has 5 heteroatoms. The summed E-state index contributed by atoms with van der Waals surface area (Å²) in [5.74, 6) is 0.654. The number of aliphatic hydroxyl groups excluding tert-OH is 1. The average Bonchev–Trinajstić information content (AvgIpc) is 2.53. The van der Waals surface area contributed by atoms with Crippen LogP contribution in [0.3, 0.4) is 0 Å². The lowest BCUT2D eigenvalue weighted by Crippen LogP contribution is -2.03. The first-order valence-corrected chi connectivity index (χ1v) is 6.56. The maximum Gasteiger partial charge on any atom is 0.161 e. The van der Waals surface area contributed by atoms with Gasteiger partial charge in [-0.2, -0.15) is 0 Å². The molecule has 0 saturated heterocycles. The Kier molecular flexibility index (Phi) is 5.14. The summed E-state index contributed by atoms with van der Waals surface area (Å²) in [6, 6.07) is 9.94. The number of benzene rings is 2. The maximum atomic E-state index is 13.8. The number of halogens is 1. The van der Waals surface area contributed by atoms with Gasteiger partial charge in [0, 0.05) is 12.1 Å². The van der Waals surface area contributed by atoms with Crippen LogP contribution in [0.2, 0.25) is 0 Å². The molecule has 21 heavy (non-hydrogen) atoms. The second-order valence-electron chi connectivity index (χ2n) is 4.56. The first kappa shape index (κ1) is 15.3. The minimum Gasteiger partial charge on any atom is -0.493 e. The summed E-state index contributed by atoms with van der Waals surface area (Å²) in [6.07, 6.45) is 0. The van der Waals surface area contributed by atoms with Gasteiger partial charge in [-0.05, 0) is 29.3 Å². The minimum absolute atomic E-state index is 0.0776. The summed E-state index contributed by atoms with van der Waals surface area (Å²) in [5.41, 5.74) is 7.37. The molecule has 0 bridgehead atoms. The standard InChI is InChI=1S/C16H18FNO3/c1-20-16-7-12(9-19)3-5-15(16)21-10-13-4-2-11(8-18)6-14(13)17/h2-7,19H,8-10,18H2,1H3. The molecule has 4 nitrogen and oxygen atoms in total. The number of aliphatic hydroxyl groups is 1. The fourth-order valence-electron chi connectivity index (χ4n) is 1.92. The smallest absolute Gasteiger partial charge is 0.161 e. The van der Waals surface area contributed by atoms with Crippen LogP contribution in [0.4, 0.5) is 4.39 Å². The monoisotopic (exact) mass is 291 g/mol. The third-order valence-electron chi connectivity index (χ3n) is 3.15. The molecule has 2 aromatic carbocycles. The SMILES string of the molecule is COc1cc(CO)ccc1OCc1ccc(CN)cc1F. The lowest BCUT2D eigenvalue weighted by Gasteiger charge is -2.12. The summed E-state index contributed by atoms with van der Waals surface area (Å²) in [7, 11) is 1.51. The fourth-order valence-corrected chi connectivity index (χ4v) is 1.92. The Morgan fingerprint density at radius 1 is 1.10 bits per heavy atom. The molecule has 0 spiro atoms. The van der Waals surface area contributed by atoms with Crippen molar-refractivity contribution in [1.29, 1.82) is 0 Å². The molecule has 0 fully saturated rings. The molecule has 0 aliphatic rings. The van der Waals surface area contributed by atoms with E-state index in [1.54, 1.807) is 30.3 Å². The summed E-state index contributed by atoms with van der Waals surface area (Å²) in [5, 5.41) is 9.09. The topological polar surface area (TPSA) is 64.7 Å². The second-order valence-corrected chi connectivity index (χ2v) is 4.56. The highest BCUT2D eigenvalue weighted by Crippen LogP contribution is 2.29. The van der Waals surface area contributed by atoms with E-state index in [1.165, 1.54) is 13.2 Å². The van der Waals surface area contributed by atoms with Gasteiger partial charge in [-0.15, -0.1) is 0 Å². The van der Waals surface area contributed by atoms with E-state index in [-0.39, 0.29) is 19.0 Å². The maximum absolute atomic E-state index is 13.8. The van der Waals surface area contributed by atoms with E-state index >= 15 is 0 Å². The highest BCUT2D eigenvalue weighted by Gasteiger charge is 2.08. The molecule has 0 unspecified atom stereocenters. The van der Waals surface area contributed by atoms with Crippen LogP contribution >= 0.6 is 0 Å². The Bertz CT molecular complexity index is 616. The van der Waals surface area contributed by atoms with Crippen molar-refractivity contribution in [2.75, 3.05) is 7.11 Å². The molecule has 0 amide bonds. The summed E-state index contributed by atoms with van der Waals surface area (Å²) >= 11 is 0. The predicted octanol–water partition coefficient (Wildman–Crippen LogP) is 2.36. The van der Waals surface area contributed by atoms with E-state index in [9.17, 15) is 4.39 Å². The van der Waals surface area contributed by atoms with E-state index in [4.69, 9.17) is 20.3 Å². The second kappa shape index (κ2) is 7.06. The van der Waals surface area contributed by atoms with Gasteiger partial charge in [-0.25, -0.2) is 4.39 Å². The van der Waals surface area contributed by atoms with Crippen LogP contribution in [0.25, 0.3) is 0 Å². The van der Waals surface area contributed by atoms with Crippen LogP contribution < -0.4 is 15.2 Å². The van der Waals surface area contributed by atoms with Gasteiger partial charge >= 0.3 is 0 Å². The van der Waals surface area contributed by atoms with E-state index in [2.05, 4.69) is 0 Å². The number of hydrogen-bond acceptors (Lipinski definition) is 4. The Morgan fingerprint density at radius 2 is 1.86 bits per heavy atom. The van der Waals surface area contributed by atoms with E-state index in [0.717, 1.165) is 11.1 Å². The molecule has 0 radical (unpaired) electrons. The number of rotatable bonds is 6. The van der Waals surface area contributed by atoms with Crippen molar-refractivity contribution in [3.8, 4) is 11.5 Å². The number of methoxy groups -OCH3 is 1. The van der Waals surface area contributed by atoms with Crippen molar-refractivity contribution in [2.45, 2.75) is 19.8 Å². The van der Waals surface area contributed by atoms with Crippen molar-refractivity contribution < 1.29 is 19.0 Å². The molecular formula is C16H18FNO3. The van der Waals surface area contributed by atoms with Crippen molar-refractivity contribution in [1.82, 2.24) is 0 Å². The predicted molar refractivity (Wildman–Crippen MR) is 77.5 cm³/mol. The van der Waals surface area contributed by atoms with Gasteiger partial charge in [0.1, 0.15) is 12.4 Å². The van der Waals surface area contributed by atoms with E-state index in [1.807, 2.05) is 0 Å². The Morgan fingerprint density at radius 3 is 2.48 bits per heavy atom. The Labute approximate surface area is 122 Å². The third-order valence-corrected chi connectivity index (χ3v) is 3.15. The molecule has 0 saturated carbocycles. The lowest BCUT2D eigenvalue weighted by atomic mass is 10.1. The summed E-state index contributed by atoms with van der Waals surface area (Å²) < 4.78 is 24.6. The van der Waals surface area contributed by atoms with E-state index in [0.29, 0.717) is 23.6 Å². The molecule has 0 aliphatic carbocycles. The Balaban J connectivity index is 2.12. The first-order valence-electron chi connectivity index (χ1n) is 6.56. The summed E-state index contributed by atoms with van der Waals surface area (Å²) in [6.45, 7) is 0.311. The zero-order valence-corrected chi connectivity index (χ0v) is 11.8. The molecule has 2 rings (SSSR count). The van der Waals surface area contributed by atoms with Crippen molar-refractivity contribution in [3.05, 3.63) is 58.9 Å². The van der Waals surface area contributed by atoms with Gasteiger partial charge in [-0.1, -0.05) is 18.2 Å². The van der Waals surface area contributed by atoms with Gasteiger partial charge in [0.15, 0.2) is 11.5 Å². The largest absolute Gasteiger partial charge is 0.493 e. The molecule has 0 atom stereocenters. The lowest BCUT2D eigenvalue weighted by molar-refractivity contribution is 0.272. The van der Waals surface area contributed by atoms with E-state index < -0.39 is 0 Å². The molecule has 3 N–H and O–H groups in total. The molecule has 112 valence electrons.